The number of thioether (sulfide) groups is 1. The van der Waals surface area contributed by atoms with Crippen molar-refractivity contribution < 1.29 is 14.4 Å². The summed E-state index contributed by atoms with van der Waals surface area (Å²) in [5.74, 6) is -0.426. The molecule has 1 fully saturated rings. The minimum Gasteiger partial charge on any atom is -0.354 e. The number of amides is 3. The molecule has 0 spiro atoms. The fraction of sp³-hybridized carbons (Fsp3) is 0.389. The Morgan fingerprint density at radius 3 is 2.58 bits per heavy atom. The molecule has 6 heteroatoms. The zero-order valence-corrected chi connectivity index (χ0v) is 15.0. The van der Waals surface area contributed by atoms with Gasteiger partial charge in [-0.25, -0.2) is 0 Å². The van der Waals surface area contributed by atoms with Gasteiger partial charge in [0.15, 0.2) is 0 Å². The molecule has 0 bridgehead atoms. The van der Waals surface area contributed by atoms with E-state index in [1.165, 1.54) is 4.90 Å². The number of carbonyl (C=O) groups excluding carboxylic acids is 3. The maximum absolute atomic E-state index is 12.4. The van der Waals surface area contributed by atoms with E-state index in [2.05, 4.69) is 5.32 Å². The number of imide groups is 1. The van der Waals surface area contributed by atoms with Crippen LogP contribution < -0.4 is 5.32 Å². The maximum atomic E-state index is 12.4. The smallest absolute Gasteiger partial charge is 0.293 e. The highest BCUT2D eigenvalue weighted by Gasteiger charge is 2.34. The van der Waals surface area contributed by atoms with E-state index < -0.39 is 0 Å². The Balaban J connectivity index is 1.96. The highest BCUT2D eigenvalue weighted by atomic mass is 32.2. The summed E-state index contributed by atoms with van der Waals surface area (Å²) in [4.78, 5) is 37.7. The van der Waals surface area contributed by atoms with Crippen LogP contribution in [0.3, 0.4) is 0 Å². The second-order valence-electron chi connectivity index (χ2n) is 5.84. The van der Waals surface area contributed by atoms with Gasteiger partial charge < -0.3 is 5.32 Å². The van der Waals surface area contributed by atoms with Crippen molar-refractivity contribution in [3.63, 3.8) is 0 Å². The largest absolute Gasteiger partial charge is 0.354 e. The first-order valence-electron chi connectivity index (χ1n) is 8.02. The molecular formula is C18H22N2O3S. The number of nitrogens with zero attached hydrogens (tertiary/aromatic N) is 1. The van der Waals surface area contributed by atoms with Gasteiger partial charge in [-0.05, 0) is 36.7 Å². The Kier molecular flexibility index (Phi) is 6.20. The third kappa shape index (κ3) is 4.47. The van der Waals surface area contributed by atoms with Crippen molar-refractivity contribution in [2.24, 2.45) is 5.92 Å². The van der Waals surface area contributed by atoms with Crippen LogP contribution in [0.15, 0.2) is 29.2 Å². The van der Waals surface area contributed by atoms with Gasteiger partial charge >= 0.3 is 0 Å². The van der Waals surface area contributed by atoms with Gasteiger partial charge in [0.1, 0.15) is 0 Å². The number of rotatable bonds is 6. The Labute approximate surface area is 146 Å². The number of carbonyl (C=O) groups is 3. The molecule has 1 aromatic rings. The molecule has 5 nitrogen and oxygen atoms in total. The van der Waals surface area contributed by atoms with Crippen molar-refractivity contribution >= 4 is 34.9 Å². The van der Waals surface area contributed by atoms with E-state index in [9.17, 15) is 14.4 Å². The molecule has 2 rings (SSSR count). The Hall–Kier alpha value is -2.08. The van der Waals surface area contributed by atoms with E-state index in [1.807, 2.05) is 45.0 Å². The summed E-state index contributed by atoms with van der Waals surface area (Å²) < 4.78 is 0. The molecule has 3 amide bonds. The van der Waals surface area contributed by atoms with Crippen LogP contribution in [0, 0.1) is 12.8 Å². The van der Waals surface area contributed by atoms with Gasteiger partial charge in [0, 0.05) is 19.0 Å². The first kappa shape index (κ1) is 18.3. The molecule has 1 heterocycles. The summed E-state index contributed by atoms with van der Waals surface area (Å²) in [6, 6.07) is 7.74. The van der Waals surface area contributed by atoms with Crippen molar-refractivity contribution in [3.05, 3.63) is 40.3 Å². The Morgan fingerprint density at radius 2 is 1.96 bits per heavy atom. The monoisotopic (exact) mass is 346 g/mol. The summed E-state index contributed by atoms with van der Waals surface area (Å²) >= 11 is 0.936. The van der Waals surface area contributed by atoms with Gasteiger partial charge in [0.25, 0.3) is 11.1 Å². The standard InChI is InChI=1S/C18H22N2O3S/c1-4-13(3)16(21)19-9-10-20-17(22)15(24-18(20)23)11-14-7-5-12(2)6-8-14/h5-8,11,13H,4,9-10H2,1-3H3,(H,19,21)/b15-11-. The van der Waals surface area contributed by atoms with Crippen LogP contribution in [0.4, 0.5) is 4.79 Å². The van der Waals surface area contributed by atoms with Crippen LogP contribution in [0.1, 0.15) is 31.4 Å². The quantitative estimate of drug-likeness (QED) is 0.803. The third-order valence-electron chi connectivity index (χ3n) is 3.94. The number of nitrogens with one attached hydrogen (secondary N) is 1. The topological polar surface area (TPSA) is 66.5 Å². The molecule has 0 aliphatic carbocycles. The minimum absolute atomic E-state index is 0.0559. The van der Waals surface area contributed by atoms with Crippen molar-refractivity contribution in [1.29, 1.82) is 0 Å². The minimum atomic E-state index is -0.302. The highest BCUT2D eigenvalue weighted by Crippen LogP contribution is 2.31. The normalized spacial score (nSPS) is 17.5. The van der Waals surface area contributed by atoms with E-state index in [4.69, 9.17) is 0 Å². The zero-order chi connectivity index (χ0) is 17.7. The lowest BCUT2D eigenvalue weighted by Gasteiger charge is -2.14. The molecule has 1 unspecified atom stereocenters. The lowest BCUT2D eigenvalue weighted by Crippen LogP contribution is -2.38. The van der Waals surface area contributed by atoms with Crippen molar-refractivity contribution in [3.8, 4) is 0 Å². The fourth-order valence-corrected chi connectivity index (χ4v) is 3.02. The lowest BCUT2D eigenvalue weighted by molar-refractivity contribution is -0.126. The molecule has 1 aliphatic rings. The summed E-state index contributed by atoms with van der Waals surface area (Å²) in [6.07, 6.45) is 2.48. The van der Waals surface area contributed by atoms with Crippen LogP contribution in [0.2, 0.25) is 0 Å². The molecule has 1 N–H and O–H groups in total. The van der Waals surface area contributed by atoms with Crippen LogP contribution in [-0.4, -0.2) is 35.0 Å². The van der Waals surface area contributed by atoms with Crippen molar-refractivity contribution in [1.82, 2.24) is 10.2 Å². The average Bonchev–Trinajstić information content (AvgIpc) is 2.83. The van der Waals surface area contributed by atoms with Crippen LogP contribution in [-0.2, 0) is 9.59 Å². The molecule has 1 saturated heterocycles. The Morgan fingerprint density at radius 1 is 1.29 bits per heavy atom. The van der Waals surface area contributed by atoms with Crippen LogP contribution >= 0.6 is 11.8 Å². The lowest BCUT2D eigenvalue weighted by atomic mass is 10.1. The van der Waals surface area contributed by atoms with Gasteiger partial charge in [-0.1, -0.05) is 43.7 Å². The summed E-state index contributed by atoms with van der Waals surface area (Å²) in [6.45, 7) is 6.25. The molecular weight excluding hydrogens is 324 g/mol. The van der Waals surface area contributed by atoms with E-state index >= 15 is 0 Å². The molecule has 1 aliphatic heterocycles. The van der Waals surface area contributed by atoms with Crippen LogP contribution in [0.5, 0.6) is 0 Å². The highest BCUT2D eigenvalue weighted by molar-refractivity contribution is 8.18. The molecule has 128 valence electrons. The SMILES string of the molecule is CCC(C)C(=O)NCCN1C(=O)S/C(=C\c2ccc(C)cc2)C1=O. The molecule has 1 aromatic carbocycles. The first-order valence-corrected chi connectivity index (χ1v) is 8.83. The fourth-order valence-electron chi connectivity index (χ4n) is 2.16. The predicted molar refractivity (Wildman–Crippen MR) is 96.3 cm³/mol. The first-order chi connectivity index (χ1) is 11.4. The summed E-state index contributed by atoms with van der Waals surface area (Å²) in [5.41, 5.74) is 2.02. The van der Waals surface area contributed by atoms with Crippen LogP contribution in [0.25, 0.3) is 6.08 Å². The second kappa shape index (κ2) is 8.15. The van der Waals surface area contributed by atoms with E-state index in [-0.39, 0.29) is 36.1 Å². The van der Waals surface area contributed by atoms with Crippen molar-refractivity contribution in [2.45, 2.75) is 27.2 Å². The number of aryl methyl sites for hydroxylation is 1. The molecule has 24 heavy (non-hydrogen) atoms. The van der Waals surface area contributed by atoms with Crippen molar-refractivity contribution in [2.75, 3.05) is 13.1 Å². The predicted octanol–water partition coefficient (Wildman–Crippen LogP) is 3.19. The number of hydrogen-bond acceptors (Lipinski definition) is 4. The molecule has 0 aromatic heterocycles. The number of benzene rings is 1. The van der Waals surface area contributed by atoms with Gasteiger partial charge in [0.05, 0.1) is 4.91 Å². The van der Waals surface area contributed by atoms with E-state index in [0.717, 1.165) is 29.3 Å². The van der Waals surface area contributed by atoms with Gasteiger partial charge in [-0.3, -0.25) is 19.3 Å². The summed E-state index contributed by atoms with van der Waals surface area (Å²) in [5, 5.41) is 2.46. The summed E-state index contributed by atoms with van der Waals surface area (Å²) in [7, 11) is 0. The van der Waals surface area contributed by atoms with E-state index in [1.54, 1.807) is 6.08 Å². The maximum Gasteiger partial charge on any atom is 0.293 e. The molecule has 0 radical (unpaired) electrons. The zero-order valence-electron chi connectivity index (χ0n) is 14.2. The second-order valence-corrected chi connectivity index (χ2v) is 6.84. The number of hydrogen-bond donors (Lipinski definition) is 1. The van der Waals surface area contributed by atoms with Gasteiger partial charge in [-0.15, -0.1) is 0 Å². The molecule has 0 saturated carbocycles. The third-order valence-corrected chi connectivity index (χ3v) is 4.85. The average molecular weight is 346 g/mol. The molecule has 1 atom stereocenters. The Bertz CT molecular complexity index is 667. The van der Waals surface area contributed by atoms with Gasteiger partial charge in [0.2, 0.25) is 5.91 Å². The van der Waals surface area contributed by atoms with E-state index in [0.29, 0.717) is 4.91 Å². The van der Waals surface area contributed by atoms with Gasteiger partial charge in [-0.2, -0.15) is 0 Å².